The molecule has 4 aliphatic carbocycles. The lowest BCUT2D eigenvalue weighted by Crippen LogP contribution is -2.60. The molecule has 1 amide bonds. The number of carbonyl (C=O) groups excluding carboxylic acids is 1. The number of hydrogen-bond donors (Lipinski definition) is 3. The molecule has 202 valence electrons. The molecule has 3 N–H and O–H groups in total. The van der Waals surface area contributed by atoms with Crippen LogP contribution in [-0.2, 0) is 11.3 Å². The average molecular weight is 525 g/mol. The molecule has 3 unspecified atom stereocenters. The van der Waals surface area contributed by atoms with E-state index >= 15 is 0 Å². The van der Waals surface area contributed by atoms with Crippen molar-refractivity contribution in [2.75, 3.05) is 17.2 Å². The quantitative estimate of drug-likeness (QED) is 0.446. The molecule has 10 heteroatoms. The third kappa shape index (κ3) is 5.52. The third-order valence-corrected chi connectivity index (χ3v) is 8.11. The number of amides is 1. The number of rotatable bonds is 7. The Kier molecular flexibility index (Phi) is 6.88. The second-order valence-electron chi connectivity index (χ2n) is 12.1. The standard InChI is InChI=1S/C28H34F2N6O2/c1-27(2,3)38-26(37)35-23-17-7-16-8-18(23)11-28(9-16,10-17)15-34-24-19(12-31)13-32-25(36-24)33-14-20-21(29)5-4-6-22(20)30/h4-6,13,16-18,23H,7-11,14-15H2,1-3H3,(H,35,37)(H2,32,33,34,36)/t16?,17-,18+,23?,28?. The predicted molar refractivity (Wildman–Crippen MR) is 138 cm³/mol. The maximum Gasteiger partial charge on any atom is 0.407 e. The summed E-state index contributed by atoms with van der Waals surface area (Å²) in [5.41, 5.74) is -0.266. The Labute approximate surface area is 221 Å². The fraction of sp³-hybridized carbons (Fsp3) is 0.571. The van der Waals surface area contributed by atoms with Gasteiger partial charge in [0.05, 0.1) is 6.20 Å². The number of carbonyl (C=O) groups is 1. The van der Waals surface area contributed by atoms with Crippen molar-refractivity contribution in [1.29, 1.82) is 5.26 Å². The molecule has 0 saturated heterocycles. The molecule has 5 atom stereocenters. The predicted octanol–water partition coefficient (Wildman–Crippen LogP) is 5.37. The summed E-state index contributed by atoms with van der Waals surface area (Å²) in [4.78, 5) is 21.1. The molecule has 0 spiro atoms. The molecule has 4 aliphatic rings. The summed E-state index contributed by atoms with van der Waals surface area (Å²) in [6, 6.07) is 5.96. The Hall–Kier alpha value is -3.48. The summed E-state index contributed by atoms with van der Waals surface area (Å²) in [5.74, 6) is 0.698. The second-order valence-corrected chi connectivity index (χ2v) is 12.1. The minimum absolute atomic E-state index is 0.0597. The van der Waals surface area contributed by atoms with Gasteiger partial charge in [0.15, 0.2) is 0 Å². The Bertz CT molecular complexity index is 1220. The van der Waals surface area contributed by atoms with Gasteiger partial charge in [-0.15, -0.1) is 0 Å². The van der Waals surface area contributed by atoms with Crippen molar-refractivity contribution in [2.24, 2.45) is 23.2 Å². The number of nitriles is 1. The normalized spacial score (nSPS) is 27.5. The zero-order valence-electron chi connectivity index (χ0n) is 22.0. The SMILES string of the molecule is CC(C)(C)OC(=O)NC1[C@@H]2CC3C[C@H]1CC(CNc1nc(NCc4c(F)cccc4F)ncc1C#N)(C3)C2. The van der Waals surface area contributed by atoms with Crippen LogP contribution in [0.25, 0.3) is 0 Å². The van der Waals surface area contributed by atoms with Gasteiger partial charge < -0.3 is 20.7 Å². The van der Waals surface area contributed by atoms with E-state index in [4.69, 9.17) is 4.74 Å². The highest BCUT2D eigenvalue weighted by molar-refractivity contribution is 5.68. The van der Waals surface area contributed by atoms with Gasteiger partial charge in [-0.3, -0.25) is 0 Å². The molecule has 2 aromatic rings. The van der Waals surface area contributed by atoms with Gasteiger partial charge in [-0.2, -0.15) is 10.2 Å². The number of ether oxygens (including phenoxy) is 1. The van der Waals surface area contributed by atoms with Crippen molar-refractivity contribution in [3.63, 3.8) is 0 Å². The average Bonchev–Trinajstić information content (AvgIpc) is 2.83. The third-order valence-electron chi connectivity index (χ3n) is 8.11. The van der Waals surface area contributed by atoms with E-state index in [-0.39, 0.29) is 35.6 Å². The second kappa shape index (κ2) is 10.0. The molecule has 1 aromatic carbocycles. The number of halogens is 2. The summed E-state index contributed by atoms with van der Waals surface area (Å²) in [5, 5.41) is 19.0. The molecule has 4 bridgehead atoms. The monoisotopic (exact) mass is 524 g/mol. The number of hydrogen-bond acceptors (Lipinski definition) is 7. The highest BCUT2D eigenvalue weighted by atomic mass is 19.1. The van der Waals surface area contributed by atoms with Crippen molar-refractivity contribution in [3.8, 4) is 6.07 Å². The van der Waals surface area contributed by atoms with E-state index in [0.29, 0.717) is 35.7 Å². The number of benzene rings is 1. The maximum atomic E-state index is 14.0. The molecule has 4 fully saturated rings. The van der Waals surface area contributed by atoms with Gasteiger partial charge in [0.25, 0.3) is 0 Å². The first-order chi connectivity index (χ1) is 18.0. The smallest absolute Gasteiger partial charge is 0.407 e. The molecular formula is C28H34F2N6O2. The lowest BCUT2D eigenvalue weighted by Gasteiger charge is -2.60. The van der Waals surface area contributed by atoms with Crippen molar-refractivity contribution >= 4 is 17.9 Å². The van der Waals surface area contributed by atoms with Crippen LogP contribution in [0.15, 0.2) is 24.4 Å². The van der Waals surface area contributed by atoms with Gasteiger partial charge in [0, 0.05) is 24.7 Å². The van der Waals surface area contributed by atoms with Crippen molar-refractivity contribution in [2.45, 2.75) is 71.1 Å². The Morgan fingerprint density at radius 1 is 1.16 bits per heavy atom. The van der Waals surface area contributed by atoms with Gasteiger partial charge in [0.1, 0.15) is 34.7 Å². The largest absolute Gasteiger partial charge is 0.444 e. The van der Waals surface area contributed by atoms with Gasteiger partial charge in [-0.1, -0.05) is 6.07 Å². The van der Waals surface area contributed by atoms with E-state index in [1.807, 2.05) is 20.8 Å². The molecule has 8 nitrogen and oxygen atoms in total. The minimum Gasteiger partial charge on any atom is -0.444 e. The number of nitrogens with zero attached hydrogens (tertiary/aromatic N) is 3. The molecule has 0 radical (unpaired) electrons. The number of aromatic nitrogens is 2. The van der Waals surface area contributed by atoms with Crippen LogP contribution >= 0.6 is 0 Å². The van der Waals surface area contributed by atoms with Crippen molar-refractivity contribution in [3.05, 3.63) is 47.2 Å². The van der Waals surface area contributed by atoms with Crippen LogP contribution in [0.4, 0.5) is 25.3 Å². The van der Waals surface area contributed by atoms with Gasteiger partial charge in [-0.05, 0) is 88.2 Å². The van der Waals surface area contributed by atoms with Gasteiger partial charge in [0.2, 0.25) is 5.95 Å². The van der Waals surface area contributed by atoms with E-state index < -0.39 is 17.2 Å². The van der Waals surface area contributed by atoms with E-state index in [1.54, 1.807) is 0 Å². The lowest BCUT2D eigenvalue weighted by atomic mass is 9.48. The zero-order valence-corrected chi connectivity index (χ0v) is 22.0. The fourth-order valence-electron chi connectivity index (χ4n) is 6.91. The molecule has 6 rings (SSSR count). The molecule has 38 heavy (non-hydrogen) atoms. The van der Waals surface area contributed by atoms with Crippen LogP contribution in [0, 0.1) is 46.1 Å². The molecular weight excluding hydrogens is 490 g/mol. The summed E-state index contributed by atoms with van der Waals surface area (Å²) in [6.07, 6.45) is 6.35. The van der Waals surface area contributed by atoms with Crippen LogP contribution in [0.3, 0.4) is 0 Å². The fourth-order valence-corrected chi connectivity index (χ4v) is 6.91. The summed E-state index contributed by atoms with van der Waals surface area (Å²) in [7, 11) is 0. The number of alkyl carbamates (subject to hydrolysis) is 1. The van der Waals surface area contributed by atoms with Crippen LogP contribution in [-0.4, -0.2) is 34.2 Å². The molecule has 1 aromatic heterocycles. The van der Waals surface area contributed by atoms with E-state index in [2.05, 4.69) is 32.0 Å². The van der Waals surface area contributed by atoms with Crippen LogP contribution in [0.1, 0.15) is 64.0 Å². The Morgan fingerprint density at radius 2 is 1.84 bits per heavy atom. The van der Waals surface area contributed by atoms with E-state index in [9.17, 15) is 18.8 Å². The summed E-state index contributed by atoms with van der Waals surface area (Å²) in [6.45, 7) is 6.14. The topological polar surface area (TPSA) is 112 Å². The lowest BCUT2D eigenvalue weighted by molar-refractivity contribution is -0.0703. The van der Waals surface area contributed by atoms with Crippen LogP contribution in [0.5, 0.6) is 0 Å². The molecule has 4 saturated carbocycles. The highest BCUT2D eigenvalue weighted by Crippen LogP contribution is 2.60. The van der Waals surface area contributed by atoms with Gasteiger partial charge in [-0.25, -0.2) is 18.6 Å². The molecule has 1 heterocycles. The highest BCUT2D eigenvalue weighted by Gasteiger charge is 2.55. The summed E-state index contributed by atoms with van der Waals surface area (Å²) >= 11 is 0. The number of nitrogens with one attached hydrogen (secondary N) is 3. The van der Waals surface area contributed by atoms with Crippen molar-refractivity contribution < 1.29 is 18.3 Å². The first-order valence-corrected chi connectivity index (χ1v) is 13.2. The van der Waals surface area contributed by atoms with Gasteiger partial charge >= 0.3 is 6.09 Å². The maximum absolute atomic E-state index is 14.0. The minimum atomic E-state index is -0.647. The molecule has 0 aliphatic heterocycles. The summed E-state index contributed by atoms with van der Waals surface area (Å²) < 4.78 is 33.5. The van der Waals surface area contributed by atoms with E-state index in [0.717, 1.165) is 32.1 Å². The Morgan fingerprint density at radius 3 is 2.47 bits per heavy atom. The first kappa shape index (κ1) is 26.1. The van der Waals surface area contributed by atoms with Crippen LogP contribution in [0.2, 0.25) is 0 Å². The Balaban J connectivity index is 1.25. The zero-order chi connectivity index (χ0) is 27.1. The number of anilines is 2. The van der Waals surface area contributed by atoms with Crippen LogP contribution < -0.4 is 16.0 Å². The first-order valence-electron chi connectivity index (χ1n) is 13.2. The van der Waals surface area contributed by atoms with Crippen molar-refractivity contribution in [1.82, 2.24) is 15.3 Å². The van der Waals surface area contributed by atoms with E-state index in [1.165, 1.54) is 24.4 Å².